The van der Waals surface area contributed by atoms with Gasteiger partial charge in [-0.1, -0.05) is 30.3 Å². The van der Waals surface area contributed by atoms with Crippen LogP contribution in [-0.4, -0.2) is 49.0 Å². The molecule has 7 nitrogen and oxygen atoms in total. The van der Waals surface area contributed by atoms with E-state index < -0.39 is 11.6 Å². The molecule has 0 aliphatic carbocycles. The van der Waals surface area contributed by atoms with Crippen molar-refractivity contribution in [3.05, 3.63) is 35.9 Å². The van der Waals surface area contributed by atoms with Crippen LogP contribution in [0.3, 0.4) is 0 Å². The van der Waals surface area contributed by atoms with E-state index in [4.69, 9.17) is 0 Å². The average molecular weight is 333 g/mol. The third-order valence-electron chi connectivity index (χ3n) is 3.97. The summed E-state index contributed by atoms with van der Waals surface area (Å²) in [5.74, 6) is -0.414. The maximum Gasteiger partial charge on any atom is 0.329 e. The number of rotatable bonds is 6. The summed E-state index contributed by atoms with van der Waals surface area (Å²) in [6.07, 6.45) is 0. The SMILES string of the molecule is CC(C)NC(=O)C[NH+](C)CN1C(=O)N[C@](C)(c2ccccc2)C1=O. The first-order valence-corrected chi connectivity index (χ1v) is 8.04. The van der Waals surface area contributed by atoms with E-state index in [0.717, 1.165) is 10.5 Å². The minimum absolute atomic E-state index is 0.0587. The third-order valence-corrected chi connectivity index (χ3v) is 3.97. The Kier molecular flexibility index (Phi) is 5.23. The average Bonchev–Trinajstić information content (AvgIpc) is 2.71. The van der Waals surface area contributed by atoms with Crippen LogP contribution < -0.4 is 15.5 Å². The van der Waals surface area contributed by atoms with E-state index in [2.05, 4.69) is 10.6 Å². The summed E-state index contributed by atoms with van der Waals surface area (Å²) >= 11 is 0. The summed E-state index contributed by atoms with van der Waals surface area (Å²) in [7, 11) is 1.78. The van der Waals surface area contributed by atoms with Gasteiger partial charge in [-0.05, 0) is 26.3 Å². The standard InChI is InChI=1S/C17H24N4O3/c1-12(2)18-14(22)10-20(4)11-21-15(23)17(3,19-16(21)24)13-8-6-5-7-9-13/h5-9,12H,10-11H2,1-4H3,(H,18,22)(H,19,24)/p+1/t17-/m1/s1. The largest absolute Gasteiger partial charge is 0.349 e. The highest BCUT2D eigenvalue weighted by Gasteiger charge is 2.49. The lowest BCUT2D eigenvalue weighted by Gasteiger charge is -2.23. The molecule has 7 heteroatoms. The number of nitrogens with zero attached hydrogens (tertiary/aromatic N) is 1. The maximum atomic E-state index is 12.8. The van der Waals surface area contributed by atoms with Gasteiger partial charge >= 0.3 is 6.03 Å². The number of nitrogens with one attached hydrogen (secondary N) is 3. The van der Waals surface area contributed by atoms with Crippen LogP contribution in [0.5, 0.6) is 0 Å². The van der Waals surface area contributed by atoms with Crippen molar-refractivity contribution in [3.63, 3.8) is 0 Å². The lowest BCUT2D eigenvalue weighted by molar-refractivity contribution is -0.879. The Hall–Kier alpha value is -2.41. The number of quaternary nitrogens is 1. The first-order valence-electron chi connectivity index (χ1n) is 8.04. The molecule has 1 heterocycles. The van der Waals surface area contributed by atoms with Crippen molar-refractivity contribution in [1.29, 1.82) is 0 Å². The van der Waals surface area contributed by atoms with Gasteiger partial charge < -0.3 is 15.5 Å². The van der Waals surface area contributed by atoms with Crippen LogP contribution in [0.1, 0.15) is 26.3 Å². The molecule has 3 N–H and O–H groups in total. The first-order chi connectivity index (χ1) is 11.2. The molecule has 0 aromatic heterocycles. The monoisotopic (exact) mass is 333 g/mol. The summed E-state index contributed by atoms with van der Waals surface area (Å²) in [5.41, 5.74) is -0.334. The highest BCUT2D eigenvalue weighted by Crippen LogP contribution is 2.27. The number of carbonyl (C=O) groups is 3. The molecule has 0 bridgehead atoms. The van der Waals surface area contributed by atoms with Gasteiger partial charge in [-0.25, -0.2) is 9.69 Å². The summed E-state index contributed by atoms with van der Waals surface area (Å²) in [6, 6.07) is 8.77. The summed E-state index contributed by atoms with van der Waals surface area (Å²) < 4.78 is 0. The quantitative estimate of drug-likeness (QED) is 0.611. The van der Waals surface area contributed by atoms with Gasteiger partial charge in [0.1, 0.15) is 5.54 Å². The van der Waals surface area contributed by atoms with Crippen LogP contribution in [0.4, 0.5) is 4.79 Å². The molecule has 4 amide bonds. The Bertz CT molecular complexity index is 632. The molecule has 0 radical (unpaired) electrons. The Labute approximate surface area is 142 Å². The van der Waals surface area contributed by atoms with Gasteiger partial charge in [-0.2, -0.15) is 0 Å². The van der Waals surface area contributed by atoms with E-state index >= 15 is 0 Å². The number of carbonyl (C=O) groups excluding carboxylic acids is 3. The molecule has 0 spiro atoms. The Morgan fingerprint density at radius 3 is 2.50 bits per heavy atom. The predicted molar refractivity (Wildman–Crippen MR) is 89.1 cm³/mol. The van der Waals surface area contributed by atoms with Crippen molar-refractivity contribution in [2.75, 3.05) is 20.3 Å². The number of benzene rings is 1. The van der Waals surface area contributed by atoms with Crippen molar-refractivity contribution in [2.24, 2.45) is 0 Å². The van der Waals surface area contributed by atoms with Gasteiger partial charge in [0.25, 0.3) is 11.8 Å². The predicted octanol–water partition coefficient (Wildman–Crippen LogP) is -0.550. The Morgan fingerprint density at radius 1 is 1.29 bits per heavy atom. The van der Waals surface area contributed by atoms with Crippen molar-refractivity contribution in [1.82, 2.24) is 15.5 Å². The normalized spacial score (nSPS) is 21.8. The second-order valence-corrected chi connectivity index (χ2v) is 6.67. The smallest absolute Gasteiger partial charge is 0.329 e. The molecule has 130 valence electrons. The molecule has 2 atom stereocenters. The van der Waals surface area contributed by atoms with E-state index in [1.165, 1.54) is 4.90 Å². The molecular formula is C17H25N4O3+. The zero-order valence-electron chi connectivity index (χ0n) is 14.6. The minimum Gasteiger partial charge on any atom is -0.349 e. The lowest BCUT2D eigenvalue weighted by Crippen LogP contribution is -3.12. The second-order valence-electron chi connectivity index (χ2n) is 6.67. The minimum atomic E-state index is -1.07. The van der Waals surface area contributed by atoms with Crippen LogP contribution in [-0.2, 0) is 15.1 Å². The molecule has 1 aromatic rings. The molecule has 1 saturated heterocycles. The number of urea groups is 1. The summed E-state index contributed by atoms with van der Waals surface area (Å²) in [5, 5.41) is 5.56. The number of hydrogen-bond donors (Lipinski definition) is 3. The molecule has 1 aliphatic heterocycles. The van der Waals surface area contributed by atoms with Crippen LogP contribution >= 0.6 is 0 Å². The van der Waals surface area contributed by atoms with E-state index in [1.807, 2.05) is 44.2 Å². The van der Waals surface area contributed by atoms with Crippen LogP contribution in [0.2, 0.25) is 0 Å². The Morgan fingerprint density at radius 2 is 1.92 bits per heavy atom. The molecule has 2 rings (SSSR count). The van der Waals surface area contributed by atoms with Crippen LogP contribution in [0.15, 0.2) is 30.3 Å². The topological polar surface area (TPSA) is 82.9 Å². The molecule has 0 saturated carbocycles. The van der Waals surface area contributed by atoms with E-state index in [0.29, 0.717) is 0 Å². The van der Waals surface area contributed by atoms with E-state index in [1.54, 1.807) is 14.0 Å². The highest BCUT2D eigenvalue weighted by molar-refractivity contribution is 6.07. The number of likely N-dealkylation sites (N-methyl/N-ethyl adjacent to an activating group) is 1. The van der Waals surface area contributed by atoms with Crippen molar-refractivity contribution >= 4 is 17.8 Å². The van der Waals surface area contributed by atoms with Gasteiger partial charge in [0.15, 0.2) is 13.2 Å². The van der Waals surface area contributed by atoms with Crippen molar-refractivity contribution < 1.29 is 19.3 Å². The van der Waals surface area contributed by atoms with E-state index in [9.17, 15) is 14.4 Å². The summed E-state index contributed by atoms with van der Waals surface area (Å²) in [6.45, 7) is 5.80. The zero-order chi connectivity index (χ0) is 17.9. The van der Waals surface area contributed by atoms with Crippen molar-refractivity contribution in [2.45, 2.75) is 32.4 Å². The maximum absolute atomic E-state index is 12.8. The van der Waals surface area contributed by atoms with Crippen LogP contribution in [0, 0.1) is 0 Å². The number of imide groups is 1. The summed E-state index contributed by atoms with van der Waals surface area (Å²) in [4.78, 5) is 38.8. The van der Waals surface area contributed by atoms with Crippen LogP contribution in [0.25, 0.3) is 0 Å². The molecule has 1 fully saturated rings. The van der Waals surface area contributed by atoms with Gasteiger partial charge in [-0.15, -0.1) is 0 Å². The van der Waals surface area contributed by atoms with Gasteiger partial charge in [0, 0.05) is 6.04 Å². The number of hydrogen-bond acceptors (Lipinski definition) is 3. The van der Waals surface area contributed by atoms with Crippen molar-refractivity contribution in [3.8, 4) is 0 Å². The van der Waals surface area contributed by atoms with E-state index in [-0.39, 0.29) is 31.1 Å². The highest BCUT2D eigenvalue weighted by atomic mass is 16.2. The molecule has 1 unspecified atom stereocenters. The second kappa shape index (κ2) is 7.00. The fourth-order valence-corrected chi connectivity index (χ4v) is 2.78. The van der Waals surface area contributed by atoms with Gasteiger partial charge in [-0.3, -0.25) is 9.59 Å². The lowest BCUT2D eigenvalue weighted by atomic mass is 9.92. The fraction of sp³-hybridized carbons (Fsp3) is 0.471. The molecule has 24 heavy (non-hydrogen) atoms. The zero-order valence-corrected chi connectivity index (χ0v) is 14.6. The van der Waals surface area contributed by atoms with Gasteiger partial charge in [0.2, 0.25) is 0 Å². The molecule has 1 aromatic carbocycles. The Balaban J connectivity index is 2.06. The molecule has 1 aliphatic rings. The first kappa shape index (κ1) is 17.9. The fourth-order valence-electron chi connectivity index (χ4n) is 2.78. The van der Waals surface area contributed by atoms with Gasteiger partial charge in [0.05, 0.1) is 7.05 Å². The number of amides is 4. The molecular weight excluding hydrogens is 308 g/mol. The third kappa shape index (κ3) is 3.73.